The first kappa shape index (κ1) is 13.6. The van der Waals surface area contributed by atoms with Gasteiger partial charge in [0.05, 0.1) is 0 Å². The lowest BCUT2D eigenvalue weighted by atomic mass is 10.0. The van der Waals surface area contributed by atoms with Gasteiger partial charge in [0.2, 0.25) is 0 Å². The Morgan fingerprint density at radius 3 is 2.88 bits per heavy atom. The zero-order valence-electron chi connectivity index (χ0n) is 10.5. The Kier molecular flexibility index (Phi) is 5.63. The van der Waals surface area contributed by atoms with Crippen LogP contribution in [0.1, 0.15) is 32.3 Å². The molecule has 0 aromatic carbocycles. The number of hydrogen-bond acceptors (Lipinski definition) is 4. The third-order valence-corrected chi connectivity index (χ3v) is 2.50. The average molecular weight is 236 g/mol. The minimum Gasteiger partial charge on any atom is -0.384 e. The fourth-order valence-corrected chi connectivity index (χ4v) is 1.72. The molecule has 0 spiro atoms. The van der Waals surface area contributed by atoms with E-state index in [0.29, 0.717) is 18.8 Å². The van der Waals surface area contributed by atoms with Crippen LogP contribution >= 0.6 is 0 Å². The van der Waals surface area contributed by atoms with Crippen molar-refractivity contribution in [2.24, 2.45) is 0 Å². The number of hydrogen-bond donors (Lipinski definition) is 1. The molecule has 4 nitrogen and oxygen atoms in total. The van der Waals surface area contributed by atoms with E-state index < -0.39 is 0 Å². The van der Waals surface area contributed by atoms with Crippen LogP contribution in [0.5, 0.6) is 0 Å². The highest BCUT2D eigenvalue weighted by atomic mass is 16.5. The minimum atomic E-state index is -0.292. The normalized spacial score (nSPS) is 12.4. The van der Waals surface area contributed by atoms with Crippen molar-refractivity contribution in [3.8, 4) is 0 Å². The third-order valence-electron chi connectivity index (χ3n) is 2.50. The third kappa shape index (κ3) is 4.53. The van der Waals surface area contributed by atoms with Gasteiger partial charge in [-0.1, -0.05) is 13.3 Å². The van der Waals surface area contributed by atoms with E-state index in [-0.39, 0.29) is 11.9 Å². The molecule has 1 unspecified atom stereocenters. The van der Waals surface area contributed by atoms with Gasteiger partial charge >= 0.3 is 0 Å². The summed E-state index contributed by atoms with van der Waals surface area (Å²) in [5, 5.41) is 0. The second-order valence-electron chi connectivity index (χ2n) is 3.96. The Bertz CT molecular complexity index is 360. The predicted octanol–water partition coefficient (Wildman–Crippen LogP) is 1.98. The van der Waals surface area contributed by atoms with Gasteiger partial charge in [-0.05, 0) is 31.0 Å². The molecule has 0 aliphatic carbocycles. The Balaban J connectivity index is 2.62. The maximum atomic E-state index is 12.0. The summed E-state index contributed by atoms with van der Waals surface area (Å²) in [6, 6.07) is 3.54. The first-order valence-electron chi connectivity index (χ1n) is 6.02. The zero-order valence-corrected chi connectivity index (χ0v) is 10.5. The first-order chi connectivity index (χ1) is 8.17. The molecular weight excluding hydrogens is 216 g/mol. The second kappa shape index (κ2) is 7.01. The number of carbonyl (C=O) groups is 1. The predicted molar refractivity (Wildman–Crippen MR) is 67.7 cm³/mol. The molecule has 0 bridgehead atoms. The number of nitrogens with two attached hydrogens (primary N) is 1. The molecule has 4 heteroatoms. The maximum Gasteiger partial charge on any atom is 0.165 e. The Hall–Kier alpha value is -1.42. The molecule has 2 N–H and O–H groups in total. The van der Waals surface area contributed by atoms with Crippen molar-refractivity contribution >= 4 is 11.6 Å². The van der Waals surface area contributed by atoms with Gasteiger partial charge in [0.1, 0.15) is 11.9 Å². The van der Waals surface area contributed by atoms with Gasteiger partial charge in [0.15, 0.2) is 5.78 Å². The molecule has 1 aromatic rings. The van der Waals surface area contributed by atoms with Crippen molar-refractivity contribution < 1.29 is 9.53 Å². The fourth-order valence-electron chi connectivity index (χ4n) is 1.72. The van der Waals surface area contributed by atoms with Gasteiger partial charge in [0.25, 0.3) is 0 Å². The molecule has 94 valence electrons. The highest BCUT2D eigenvalue weighted by Gasteiger charge is 2.17. The molecule has 0 fully saturated rings. The lowest BCUT2D eigenvalue weighted by Crippen LogP contribution is -2.26. The quantitative estimate of drug-likeness (QED) is 0.786. The number of aromatic nitrogens is 1. The summed E-state index contributed by atoms with van der Waals surface area (Å²) in [4.78, 5) is 15.9. The molecule has 0 saturated heterocycles. The van der Waals surface area contributed by atoms with Gasteiger partial charge in [0, 0.05) is 19.2 Å². The van der Waals surface area contributed by atoms with E-state index in [2.05, 4.69) is 4.98 Å². The number of nitrogen functional groups attached to an aromatic ring is 1. The van der Waals surface area contributed by atoms with Crippen molar-refractivity contribution in [1.29, 1.82) is 0 Å². The highest BCUT2D eigenvalue weighted by Crippen LogP contribution is 2.10. The topological polar surface area (TPSA) is 65.2 Å². The molecule has 1 rings (SSSR count). The Morgan fingerprint density at radius 2 is 2.29 bits per heavy atom. The lowest BCUT2D eigenvalue weighted by molar-refractivity contribution is -0.130. The molecule has 0 amide bonds. The number of ether oxygens (including phenoxy) is 1. The molecule has 0 saturated carbocycles. The molecule has 17 heavy (non-hydrogen) atoms. The number of ketones is 1. The zero-order chi connectivity index (χ0) is 12.7. The van der Waals surface area contributed by atoms with Crippen molar-refractivity contribution in [2.75, 3.05) is 12.3 Å². The van der Waals surface area contributed by atoms with E-state index in [1.807, 2.05) is 19.9 Å². The summed E-state index contributed by atoms with van der Waals surface area (Å²) in [5.41, 5.74) is 6.47. The van der Waals surface area contributed by atoms with E-state index in [9.17, 15) is 4.79 Å². The lowest BCUT2D eigenvalue weighted by Gasteiger charge is -2.14. The van der Waals surface area contributed by atoms with Crippen LogP contribution in [0.2, 0.25) is 0 Å². The van der Waals surface area contributed by atoms with Crippen LogP contribution in [0.4, 0.5) is 5.82 Å². The summed E-state index contributed by atoms with van der Waals surface area (Å²) < 4.78 is 5.45. The Labute approximate surface area is 102 Å². The van der Waals surface area contributed by atoms with Gasteiger partial charge in [-0.3, -0.25) is 4.79 Å². The summed E-state index contributed by atoms with van der Waals surface area (Å²) in [5.74, 6) is 0.554. The number of pyridine rings is 1. The molecule has 1 heterocycles. The molecular formula is C13H20N2O2. The largest absolute Gasteiger partial charge is 0.384 e. The fraction of sp³-hybridized carbons (Fsp3) is 0.538. The van der Waals surface area contributed by atoms with Gasteiger partial charge < -0.3 is 10.5 Å². The standard InChI is InChI=1S/C13H20N2O2/c1-3-5-12(17-4-2)11(16)8-10-6-7-15-13(14)9-10/h6-7,9,12H,3-5,8H2,1-2H3,(H2,14,15). The van der Waals surface area contributed by atoms with Crippen LogP contribution in [-0.2, 0) is 16.0 Å². The van der Waals surface area contributed by atoms with E-state index in [0.717, 1.165) is 18.4 Å². The van der Waals surface area contributed by atoms with Crippen LogP contribution in [0, 0.1) is 0 Å². The smallest absolute Gasteiger partial charge is 0.165 e. The number of Topliss-reactive ketones (excluding diaryl/α,β-unsaturated/α-hetero) is 1. The van der Waals surface area contributed by atoms with Crippen molar-refractivity contribution in [3.05, 3.63) is 23.9 Å². The number of nitrogens with zero attached hydrogens (tertiary/aromatic N) is 1. The van der Waals surface area contributed by atoms with Crippen LogP contribution in [-0.4, -0.2) is 23.5 Å². The summed E-state index contributed by atoms with van der Waals surface area (Å²) in [6.07, 6.45) is 3.40. The second-order valence-corrected chi connectivity index (χ2v) is 3.96. The van der Waals surface area contributed by atoms with E-state index >= 15 is 0 Å². The summed E-state index contributed by atoms with van der Waals surface area (Å²) >= 11 is 0. The van der Waals surface area contributed by atoms with Gasteiger partial charge in [-0.2, -0.15) is 0 Å². The van der Waals surface area contributed by atoms with Gasteiger partial charge in [-0.15, -0.1) is 0 Å². The van der Waals surface area contributed by atoms with Crippen LogP contribution in [0.25, 0.3) is 0 Å². The average Bonchev–Trinajstić information content (AvgIpc) is 2.28. The van der Waals surface area contributed by atoms with Crippen molar-refractivity contribution in [1.82, 2.24) is 4.98 Å². The number of rotatable bonds is 7. The van der Waals surface area contributed by atoms with Crippen LogP contribution < -0.4 is 5.73 Å². The van der Waals surface area contributed by atoms with E-state index in [1.165, 1.54) is 0 Å². The highest BCUT2D eigenvalue weighted by molar-refractivity contribution is 5.85. The minimum absolute atomic E-state index is 0.110. The van der Waals surface area contributed by atoms with E-state index in [4.69, 9.17) is 10.5 Å². The SMILES string of the molecule is CCCC(OCC)C(=O)Cc1ccnc(N)c1. The first-order valence-corrected chi connectivity index (χ1v) is 6.02. The number of carbonyl (C=O) groups excluding carboxylic acids is 1. The molecule has 0 aliphatic rings. The molecule has 1 atom stereocenters. The number of anilines is 1. The monoisotopic (exact) mass is 236 g/mol. The summed E-state index contributed by atoms with van der Waals surface area (Å²) in [6.45, 7) is 4.51. The molecule has 0 aliphatic heterocycles. The van der Waals surface area contributed by atoms with Crippen LogP contribution in [0.3, 0.4) is 0 Å². The van der Waals surface area contributed by atoms with Crippen LogP contribution in [0.15, 0.2) is 18.3 Å². The summed E-state index contributed by atoms with van der Waals surface area (Å²) in [7, 11) is 0. The van der Waals surface area contributed by atoms with Crippen molar-refractivity contribution in [2.45, 2.75) is 39.2 Å². The maximum absolute atomic E-state index is 12.0. The van der Waals surface area contributed by atoms with E-state index in [1.54, 1.807) is 12.3 Å². The molecule has 0 radical (unpaired) electrons. The van der Waals surface area contributed by atoms with Gasteiger partial charge in [-0.25, -0.2) is 4.98 Å². The Morgan fingerprint density at radius 1 is 1.53 bits per heavy atom. The molecule has 1 aromatic heterocycles. The van der Waals surface area contributed by atoms with Crippen molar-refractivity contribution in [3.63, 3.8) is 0 Å².